The third-order valence-electron chi connectivity index (χ3n) is 5.20. The van der Waals surface area contributed by atoms with Gasteiger partial charge in [-0.3, -0.25) is 19.0 Å². The molecule has 0 aliphatic carbocycles. The van der Waals surface area contributed by atoms with Gasteiger partial charge in [0, 0.05) is 25.2 Å². The molecule has 1 aliphatic heterocycles. The average molecular weight is 435 g/mol. The van der Waals surface area contributed by atoms with Crippen molar-refractivity contribution in [2.45, 2.75) is 65.6 Å². The number of nitrogens with one attached hydrogen (secondary N) is 2. The molecule has 0 unspecified atom stereocenters. The third kappa shape index (κ3) is 5.16. The van der Waals surface area contributed by atoms with Crippen molar-refractivity contribution in [2.24, 2.45) is 5.92 Å². The molecule has 1 saturated heterocycles. The SMILES string of the molecule is CC[C@@H](C)NC(=O)Cn1cnc2nc(N3CCC[C@@H](C(=O)NC(C)C)C3)sc2c1=O. The van der Waals surface area contributed by atoms with Crippen LogP contribution in [0.4, 0.5) is 5.13 Å². The molecule has 10 heteroatoms. The van der Waals surface area contributed by atoms with Gasteiger partial charge in [0.2, 0.25) is 11.8 Å². The highest BCUT2D eigenvalue weighted by atomic mass is 32.1. The number of thiazole rings is 1. The van der Waals surface area contributed by atoms with Crippen LogP contribution in [0.3, 0.4) is 0 Å². The summed E-state index contributed by atoms with van der Waals surface area (Å²) in [5.74, 6) is -0.252. The van der Waals surface area contributed by atoms with Crippen LogP contribution in [0.15, 0.2) is 11.1 Å². The first-order chi connectivity index (χ1) is 14.3. The molecule has 2 N–H and O–H groups in total. The fourth-order valence-corrected chi connectivity index (χ4v) is 4.43. The number of fused-ring (bicyclic) bond motifs is 1. The Kier molecular flexibility index (Phi) is 7.06. The van der Waals surface area contributed by atoms with Crippen molar-refractivity contribution in [3.8, 4) is 0 Å². The predicted octanol–water partition coefficient (Wildman–Crippen LogP) is 1.51. The zero-order chi connectivity index (χ0) is 21.8. The Morgan fingerprint density at radius 3 is 2.77 bits per heavy atom. The van der Waals surface area contributed by atoms with Gasteiger partial charge in [-0.15, -0.1) is 0 Å². The molecule has 2 aromatic rings. The minimum atomic E-state index is -0.269. The minimum Gasteiger partial charge on any atom is -0.354 e. The van der Waals surface area contributed by atoms with Gasteiger partial charge in [-0.1, -0.05) is 18.3 Å². The van der Waals surface area contributed by atoms with Crippen LogP contribution in [0, 0.1) is 5.92 Å². The first-order valence-corrected chi connectivity index (χ1v) is 11.3. The summed E-state index contributed by atoms with van der Waals surface area (Å²) in [4.78, 5) is 48.2. The zero-order valence-corrected chi connectivity index (χ0v) is 18.8. The molecule has 3 heterocycles. The minimum absolute atomic E-state index is 0.0554. The number of aromatic nitrogens is 3. The van der Waals surface area contributed by atoms with E-state index < -0.39 is 0 Å². The van der Waals surface area contributed by atoms with E-state index in [1.54, 1.807) is 0 Å². The number of piperidine rings is 1. The maximum absolute atomic E-state index is 12.8. The Labute approximate surface area is 179 Å². The summed E-state index contributed by atoms with van der Waals surface area (Å²) >= 11 is 1.27. The molecular weight excluding hydrogens is 404 g/mol. The van der Waals surface area contributed by atoms with Crippen molar-refractivity contribution >= 4 is 38.6 Å². The lowest BCUT2D eigenvalue weighted by Gasteiger charge is -2.32. The molecule has 9 nitrogen and oxygen atoms in total. The molecule has 1 aliphatic rings. The Hall–Kier alpha value is -2.49. The van der Waals surface area contributed by atoms with Crippen molar-refractivity contribution < 1.29 is 9.59 Å². The Morgan fingerprint density at radius 2 is 2.07 bits per heavy atom. The first kappa shape index (κ1) is 22.2. The van der Waals surface area contributed by atoms with Crippen molar-refractivity contribution in [1.29, 1.82) is 0 Å². The number of rotatable bonds is 7. The molecule has 2 atom stereocenters. The second-order valence-corrected chi connectivity index (χ2v) is 9.13. The summed E-state index contributed by atoms with van der Waals surface area (Å²) in [5.41, 5.74) is 0.113. The molecule has 164 valence electrons. The van der Waals surface area contributed by atoms with Gasteiger partial charge in [0.1, 0.15) is 17.6 Å². The maximum Gasteiger partial charge on any atom is 0.273 e. The van der Waals surface area contributed by atoms with Crippen LogP contribution in [0.2, 0.25) is 0 Å². The summed E-state index contributed by atoms with van der Waals surface area (Å²) in [6.45, 7) is 9.10. The molecule has 0 saturated carbocycles. The van der Waals surface area contributed by atoms with E-state index in [2.05, 4.69) is 25.5 Å². The number of hydrogen-bond donors (Lipinski definition) is 2. The maximum atomic E-state index is 12.8. The largest absolute Gasteiger partial charge is 0.354 e. The van der Waals surface area contributed by atoms with Crippen LogP contribution in [0.25, 0.3) is 10.3 Å². The van der Waals surface area contributed by atoms with E-state index in [1.807, 2.05) is 27.7 Å². The first-order valence-electron chi connectivity index (χ1n) is 10.5. The van der Waals surface area contributed by atoms with E-state index in [-0.39, 0.29) is 41.9 Å². The van der Waals surface area contributed by atoms with Crippen molar-refractivity contribution in [1.82, 2.24) is 25.2 Å². The number of anilines is 1. The molecule has 2 aromatic heterocycles. The highest BCUT2D eigenvalue weighted by Gasteiger charge is 2.28. The highest BCUT2D eigenvalue weighted by molar-refractivity contribution is 7.22. The quantitative estimate of drug-likeness (QED) is 0.684. The predicted molar refractivity (Wildman–Crippen MR) is 118 cm³/mol. The van der Waals surface area contributed by atoms with Crippen molar-refractivity contribution in [2.75, 3.05) is 18.0 Å². The third-order valence-corrected chi connectivity index (χ3v) is 6.29. The molecule has 0 bridgehead atoms. The van der Waals surface area contributed by atoms with Crippen LogP contribution < -0.4 is 21.1 Å². The monoisotopic (exact) mass is 434 g/mol. The normalized spacial score (nSPS) is 17.9. The molecule has 0 spiro atoms. The van der Waals surface area contributed by atoms with Crippen molar-refractivity contribution in [3.05, 3.63) is 16.7 Å². The fraction of sp³-hybridized carbons (Fsp3) is 0.650. The molecule has 3 rings (SSSR count). The van der Waals surface area contributed by atoms with E-state index in [0.717, 1.165) is 25.8 Å². The van der Waals surface area contributed by atoms with Crippen LogP contribution >= 0.6 is 11.3 Å². The molecule has 30 heavy (non-hydrogen) atoms. The smallest absolute Gasteiger partial charge is 0.273 e. The van der Waals surface area contributed by atoms with Crippen LogP contribution in [-0.2, 0) is 16.1 Å². The van der Waals surface area contributed by atoms with Crippen molar-refractivity contribution in [3.63, 3.8) is 0 Å². The van der Waals surface area contributed by atoms with Crippen LogP contribution in [0.1, 0.15) is 47.0 Å². The van der Waals surface area contributed by atoms with Gasteiger partial charge in [0.25, 0.3) is 5.56 Å². The summed E-state index contributed by atoms with van der Waals surface area (Å²) < 4.78 is 1.74. The second kappa shape index (κ2) is 9.55. The Bertz CT molecular complexity index is 969. The van der Waals surface area contributed by atoms with E-state index in [0.29, 0.717) is 22.0 Å². The Morgan fingerprint density at radius 1 is 1.30 bits per heavy atom. The number of carbonyl (C=O) groups is 2. The van der Waals surface area contributed by atoms with Gasteiger partial charge < -0.3 is 15.5 Å². The van der Waals surface area contributed by atoms with Gasteiger partial charge in [-0.2, -0.15) is 4.98 Å². The van der Waals surface area contributed by atoms with E-state index in [4.69, 9.17) is 0 Å². The van der Waals surface area contributed by atoms with E-state index >= 15 is 0 Å². The molecule has 1 fully saturated rings. The lowest BCUT2D eigenvalue weighted by molar-refractivity contribution is -0.125. The topological polar surface area (TPSA) is 109 Å². The van der Waals surface area contributed by atoms with E-state index in [9.17, 15) is 14.4 Å². The summed E-state index contributed by atoms with van der Waals surface area (Å²) in [6, 6.07) is 0.162. The number of nitrogens with zero attached hydrogens (tertiary/aromatic N) is 4. The number of carbonyl (C=O) groups excluding carboxylic acids is 2. The number of amides is 2. The van der Waals surface area contributed by atoms with Gasteiger partial charge >= 0.3 is 0 Å². The van der Waals surface area contributed by atoms with Gasteiger partial charge in [0.05, 0.1) is 5.92 Å². The van der Waals surface area contributed by atoms with Crippen LogP contribution in [0.5, 0.6) is 0 Å². The average Bonchev–Trinajstić information content (AvgIpc) is 3.15. The van der Waals surface area contributed by atoms with Crippen LogP contribution in [-0.4, -0.2) is 51.5 Å². The van der Waals surface area contributed by atoms with Gasteiger partial charge in [-0.25, -0.2) is 4.98 Å². The molecule has 2 amide bonds. The standard InChI is InChI=1S/C20H30N6O3S/c1-5-13(4)23-15(27)10-26-11-21-17-16(19(26)29)30-20(24-17)25-8-6-7-14(9-25)18(28)22-12(2)3/h11-14H,5-10H2,1-4H3,(H,22,28)(H,23,27)/t13-,14-/m1/s1. The van der Waals surface area contributed by atoms with E-state index in [1.165, 1.54) is 22.2 Å². The summed E-state index contributed by atoms with van der Waals surface area (Å²) in [6.07, 6.45) is 3.93. The lowest BCUT2D eigenvalue weighted by atomic mass is 9.97. The molecule has 0 radical (unpaired) electrons. The molecular formula is C20H30N6O3S. The van der Waals surface area contributed by atoms with Gasteiger partial charge in [-0.05, 0) is 40.0 Å². The Balaban J connectivity index is 1.77. The van der Waals surface area contributed by atoms with Gasteiger partial charge in [0.15, 0.2) is 10.8 Å². The fourth-order valence-electron chi connectivity index (χ4n) is 3.43. The summed E-state index contributed by atoms with van der Waals surface area (Å²) in [5, 5.41) is 6.52. The lowest BCUT2D eigenvalue weighted by Crippen LogP contribution is -2.44. The highest BCUT2D eigenvalue weighted by Crippen LogP contribution is 2.29. The number of hydrogen-bond acceptors (Lipinski definition) is 7. The zero-order valence-electron chi connectivity index (χ0n) is 18.0. The molecule has 0 aromatic carbocycles. The second-order valence-electron chi connectivity index (χ2n) is 8.15. The summed E-state index contributed by atoms with van der Waals surface area (Å²) in [7, 11) is 0.